The molecule has 5 rings (SSSR count). The molecule has 3 N–H and O–H groups in total. The van der Waals surface area contributed by atoms with Gasteiger partial charge in [0.05, 0.1) is 19.6 Å². The van der Waals surface area contributed by atoms with Crippen LogP contribution in [0.2, 0.25) is 0 Å². The van der Waals surface area contributed by atoms with E-state index in [1.165, 1.54) is 12.5 Å². The van der Waals surface area contributed by atoms with E-state index < -0.39 is 5.82 Å². The fourth-order valence-electron chi connectivity index (χ4n) is 5.74. The second-order valence-electron chi connectivity index (χ2n) is 11.4. The van der Waals surface area contributed by atoms with Gasteiger partial charge in [0.15, 0.2) is 5.82 Å². The fourth-order valence-corrected chi connectivity index (χ4v) is 5.74. The lowest BCUT2D eigenvalue weighted by Crippen LogP contribution is -2.49. The molecule has 2 aliphatic heterocycles. The Morgan fingerprint density at radius 1 is 1.26 bits per heavy atom. The molecule has 0 spiro atoms. The van der Waals surface area contributed by atoms with Crippen molar-refractivity contribution in [3.8, 4) is 5.75 Å². The Bertz CT molecular complexity index is 1150. The minimum Gasteiger partial charge on any atom is -0.493 e. The highest BCUT2D eigenvalue weighted by Crippen LogP contribution is 2.50. The number of carbonyl (C=O) groups is 1. The Labute approximate surface area is 223 Å². The number of nitrogens with one attached hydrogen (secondary N) is 1. The van der Waals surface area contributed by atoms with Crippen LogP contribution in [0, 0.1) is 29.0 Å². The predicted molar refractivity (Wildman–Crippen MR) is 142 cm³/mol. The van der Waals surface area contributed by atoms with E-state index >= 15 is 0 Å². The van der Waals surface area contributed by atoms with Gasteiger partial charge in [-0.1, -0.05) is 25.1 Å². The van der Waals surface area contributed by atoms with E-state index in [0.717, 1.165) is 50.0 Å². The molecule has 1 amide bonds. The van der Waals surface area contributed by atoms with Gasteiger partial charge >= 0.3 is 6.01 Å². The van der Waals surface area contributed by atoms with Crippen LogP contribution < -0.4 is 15.4 Å². The lowest BCUT2D eigenvalue weighted by molar-refractivity contribution is -0.130. The van der Waals surface area contributed by atoms with Crippen LogP contribution in [0.5, 0.6) is 5.75 Å². The minimum atomic E-state index is -0.433. The second kappa shape index (κ2) is 11.4. The molecular formula is C28H39FN6O3. The summed E-state index contributed by atoms with van der Waals surface area (Å²) in [5.41, 5.74) is 6.52. The van der Waals surface area contributed by atoms with Crippen LogP contribution in [-0.4, -0.2) is 65.5 Å². The molecule has 1 aromatic carbocycles. The van der Waals surface area contributed by atoms with Crippen LogP contribution in [0.15, 0.2) is 22.7 Å². The molecule has 3 aliphatic rings. The van der Waals surface area contributed by atoms with Gasteiger partial charge in [-0.05, 0) is 61.5 Å². The number of benzene rings is 1. The van der Waals surface area contributed by atoms with Gasteiger partial charge in [0.2, 0.25) is 5.91 Å². The molecule has 3 unspecified atom stereocenters. The summed E-state index contributed by atoms with van der Waals surface area (Å²) in [6.07, 6.45) is 5.02. The first-order valence-corrected chi connectivity index (χ1v) is 13.9. The third kappa shape index (κ3) is 6.17. The number of hydrogen-bond donors (Lipinski definition) is 2. The Hall–Kier alpha value is -3.01. The Morgan fingerprint density at radius 3 is 2.74 bits per heavy atom. The number of ether oxygens (including phenoxy) is 1. The van der Waals surface area contributed by atoms with Crippen LogP contribution in [-0.2, 0) is 11.2 Å². The minimum absolute atomic E-state index is 0.0252. The highest BCUT2D eigenvalue weighted by Gasteiger charge is 2.43. The van der Waals surface area contributed by atoms with Crippen LogP contribution >= 0.6 is 0 Å². The normalized spacial score (nSPS) is 24.2. The maximum atomic E-state index is 14.7. The summed E-state index contributed by atoms with van der Waals surface area (Å²) in [4.78, 5) is 20.9. The van der Waals surface area contributed by atoms with Gasteiger partial charge < -0.3 is 30.2 Å². The molecule has 2 aromatic rings. The molecule has 0 bridgehead atoms. The number of nitrogens with zero attached hydrogens (tertiary/aromatic N) is 4. The molecule has 3 atom stereocenters. The van der Waals surface area contributed by atoms with Gasteiger partial charge in [-0.2, -0.15) is 4.98 Å². The molecule has 1 aromatic heterocycles. The summed E-state index contributed by atoms with van der Waals surface area (Å²) in [5, 5.41) is 12.0. The number of aromatic nitrogens is 2. The van der Waals surface area contributed by atoms with E-state index in [-0.39, 0.29) is 30.8 Å². The van der Waals surface area contributed by atoms with E-state index in [0.29, 0.717) is 48.5 Å². The summed E-state index contributed by atoms with van der Waals surface area (Å²) >= 11 is 0. The molecule has 9 nitrogen and oxygen atoms in total. The number of amides is 1. The van der Waals surface area contributed by atoms with Gasteiger partial charge in [-0.25, -0.2) is 4.39 Å². The van der Waals surface area contributed by atoms with Gasteiger partial charge in [-0.3, -0.25) is 4.79 Å². The molecule has 2 saturated heterocycles. The number of halogens is 1. The summed E-state index contributed by atoms with van der Waals surface area (Å²) in [7, 11) is 0. The SMILES string of the molecule is CC(C)c1noc(N2CCC(C3CC3CCOc3ccc(CC(=O)N4CCC(N)C(=N)C4)c(F)c3)CC2)n1. The summed E-state index contributed by atoms with van der Waals surface area (Å²) in [5.74, 6) is 3.03. The fraction of sp³-hybridized carbons (Fsp3) is 0.643. The molecule has 1 aliphatic carbocycles. The molecule has 206 valence electrons. The number of rotatable bonds is 9. The predicted octanol–water partition coefficient (Wildman–Crippen LogP) is 3.78. The molecular weight excluding hydrogens is 487 g/mol. The number of carbonyl (C=O) groups excluding carboxylic acids is 1. The Balaban J connectivity index is 1.02. The van der Waals surface area contributed by atoms with E-state index in [2.05, 4.69) is 28.9 Å². The standard InChI is InChI=1S/C28H39FN6O3/c1-17(2)27-32-28(38-33-27)34-9-5-18(6-10-34)22-13-19(22)8-12-37-21-4-3-20(23(29)15-21)14-26(36)35-11-7-24(30)25(31)16-35/h3-4,15,17-19,22,24,31H,5-14,16,30H2,1-2H3. The highest BCUT2D eigenvalue weighted by molar-refractivity contribution is 5.93. The number of hydrogen-bond acceptors (Lipinski definition) is 8. The third-order valence-electron chi connectivity index (χ3n) is 8.34. The first kappa shape index (κ1) is 26.6. The average molecular weight is 527 g/mol. The molecule has 38 heavy (non-hydrogen) atoms. The average Bonchev–Trinajstić information content (AvgIpc) is 3.49. The third-order valence-corrected chi connectivity index (χ3v) is 8.34. The van der Waals surface area contributed by atoms with Gasteiger partial charge in [0.1, 0.15) is 11.6 Å². The van der Waals surface area contributed by atoms with Crippen molar-refractivity contribution in [1.82, 2.24) is 15.0 Å². The van der Waals surface area contributed by atoms with E-state index in [9.17, 15) is 9.18 Å². The monoisotopic (exact) mass is 526 g/mol. The first-order valence-electron chi connectivity index (χ1n) is 13.9. The van der Waals surface area contributed by atoms with Crippen molar-refractivity contribution in [2.45, 2.75) is 64.3 Å². The molecule has 3 fully saturated rings. The largest absolute Gasteiger partial charge is 0.493 e. The zero-order valence-electron chi connectivity index (χ0n) is 22.4. The zero-order valence-corrected chi connectivity index (χ0v) is 22.4. The number of anilines is 1. The van der Waals surface area contributed by atoms with Crippen molar-refractivity contribution in [3.63, 3.8) is 0 Å². The maximum Gasteiger partial charge on any atom is 0.324 e. The quantitative estimate of drug-likeness (QED) is 0.510. The van der Waals surface area contributed by atoms with E-state index in [1.54, 1.807) is 17.0 Å². The van der Waals surface area contributed by atoms with Gasteiger partial charge in [0, 0.05) is 43.4 Å². The van der Waals surface area contributed by atoms with Crippen LogP contribution in [0.25, 0.3) is 0 Å². The van der Waals surface area contributed by atoms with Crippen molar-refractivity contribution in [1.29, 1.82) is 5.41 Å². The van der Waals surface area contributed by atoms with Crippen molar-refractivity contribution in [2.75, 3.05) is 37.7 Å². The summed E-state index contributed by atoms with van der Waals surface area (Å²) in [6, 6.07) is 5.10. The maximum absolute atomic E-state index is 14.7. The molecule has 1 saturated carbocycles. The van der Waals surface area contributed by atoms with Crippen LogP contribution in [0.4, 0.5) is 10.4 Å². The van der Waals surface area contributed by atoms with Gasteiger partial charge in [0.25, 0.3) is 0 Å². The lowest BCUT2D eigenvalue weighted by Gasteiger charge is -2.31. The van der Waals surface area contributed by atoms with Crippen molar-refractivity contribution >= 4 is 17.6 Å². The highest BCUT2D eigenvalue weighted by atomic mass is 19.1. The lowest BCUT2D eigenvalue weighted by atomic mass is 9.90. The molecule has 10 heteroatoms. The van der Waals surface area contributed by atoms with Gasteiger partial charge in [-0.15, -0.1) is 0 Å². The smallest absolute Gasteiger partial charge is 0.324 e. The van der Waals surface area contributed by atoms with Crippen molar-refractivity contribution in [2.24, 2.45) is 23.5 Å². The number of likely N-dealkylation sites (tertiary alicyclic amines) is 1. The van der Waals surface area contributed by atoms with Crippen LogP contribution in [0.3, 0.4) is 0 Å². The van der Waals surface area contributed by atoms with Crippen molar-refractivity contribution in [3.05, 3.63) is 35.4 Å². The number of nitrogens with two attached hydrogens (primary N) is 1. The molecule has 3 heterocycles. The Kier molecular flexibility index (Phi) is 7.97. The van der Waals surface area contributed by atoms with E-state index in [1.807, 2.05) is 0 Å². The summed E-state index contributed by atoms with van der Waals surface area (Å²) < 4.78 is 26.0. The number of piperidine rings is 2. The second-order valence-corrected chi connectivity index (χ2v) is 11.4. The summed E-state index contributed by atoms with van der Waals surface area (Å²) in [6.45, 7) is 7.32. The molecule has 0 radical (unpaired) electrons. The zero-order chi connectivity index (χ0) is 26.8. The van der Waals surface area contributed by atoms with Crippen molar-refractivity contribution < 1.29 is 18.4 Å². The van der Waals surface area contributed by atoms with E-state index in [4.69, 9.17) is 20.4 Å². The van der Waals surface area contributed by atoms with Crippen LogP contribution in [0.1, 0.15) is 63.3 Å². The first-order chi connectivity index (χ1) is 18.3. The Morgan fingerprint density at radius 2 is 2.05 bits per heavy atom. The topological polar surface area (TPSA) is 122 Å².